The van der Waals surface area contributed by atoms with Gasteiger partial charge < -0.3 is 16.2 Å². The lowest BCUT2D eigenvalue weighted by Gasteiger charge is -2.15. The number of hydrogen-bond donors (Lipinski definition) is 3. The van der Waals surface area contributed by atoms with Gasteiger partial charge in [-0.05, 0) is 41.1 Å². The summed E-state index contributed by atoms with van der Waals surface area (Å²) < 4.78 is 13.2. The molecule has 0 bridgehead atoms. The summed E-state index contributed by atoms with van der Waals surface area (Å²) in [5.74, 6) is -0.788. The summed E-state index contributed by atoms with van der Waals surface area (Å²) in [6.45, 7) is 1.71. The van der Waals surface area contributed by atoms with Crippen LogP contribution in [-0.2, 0) is 0 Å². The molecule has 4 N–H and O–H groups in total. The van der Waals surface area contributed by atoms with Gasteiger partial charge in [-0.3, -0.25) is 4.79 Å². The van der Waals surface area contributed by atoms with E-state index in [4.69, 9.17) is 10.8 Å². The molecule has 0 aliphatic rings. The Kier molecular flexibility index (Phi) is 5.04. The fraction of sp³-hybridized carbons (Fsp3) is 0.364. The van der Waals surface area contributed by atoms with Crippen LogP contribution in [0.15, 0.2) is 22.7 Å². The third-order valence-corrected chi connectivity index (χ3v) is 2.91. The van der Waals surface area contributed by atoms with Gasteiger partial charge in [0.05, 0.1) is 10.6 Å². The van der Waals surface area contributed by atoms with Crippen LogP contribution in [0.2, 0.25) is 0 Å². The molecule has 94 valence electrons. The van der Waals surface area contributed by atoms with Crippen molar-refractivity contribution < 1.29 is 14.3 Å². The van der Waals surface area contributed by atoms with E-state index in [0.29, 0.717) is 5.56 Å². The van der Waals surface area contributed by atoms with Gasteiger partial charge in [0.2, 0.25) is 0 Å². The molecule has 0 aromatic heterocycles. The van der Waals surface area contributed by atoms with Crippen LogP contribution in [0.5, 0.6) is 0 Å². The molecule has 0 radical (unpaired) electrons. The fourth-order valence-corrected chi connectivity index (χ4v) is 1.50. The van der Waals surface area contributed by atoms with Gasteiger partial charge in [0.25, 0.3) is 5.91 Å². The topological polar surface area (TPSA) is 75.3 Å². The predicted molar refractivity (Wildman–Crippen MR) is 66.1 cm³/mol. The molecule has 0 spiro atoms. The van der Waals surface area contributed by atoms with Gasteiger partial charge in [-0.2, -0.15) is 0 Å². The molecule has 2 atom stereocenters. The summed E-state index contributed by atoms with van der Waals surface area (Å²) in [7, 11) is 0. The van der Waals surface area contributed by atoms with Crippen LogP contribution in [0, 0.1) is 5.82 Å². The number of nitrogens with two attached hydrogens (primary N) is 1. The van der Waals surface area contributed by atoms with Crippen LogP contribution >= 0.6 is 15.9 Å². The monoisotopic (exact) mass is 304 g/mol. The van der Waals surface area contributed by atoms with Crippen molar-refractivity contribution >= 4 is 21.8 Å². The van der Waals surface area contributed by atoms with Gasteiger partial charge in [-0.1, -0.05) is 0 Å². The summed E-state index contributed by atoms with van der Waals surface area (Å²) in [4.78, 5) is 11.6. The average Bonchev–Trinajstić information content (AvgIpc) is 2.28. The molecular formula is C11H14BrFN2O2. The van der Waals surface area contributed by atoms with Crippen molar-refractivity contribution in [3.63, 3.8) is 0 Å². The lowest BCUT2D eigenvalue weighted by atomic mass is 10.1. The average molecular weight is 305 g/mol. The van der Waals surface area contributed by atoms with E-state index in [9.17, 15) is 9.18 Å². The van der Waals surface area contributed by atoms with E-state index in [1.54, 1.807) is 6.92 Å². The lowest BCUT2D eigenvalue weighted by Crippen LogP contribution is -2.43. The van der Waals surface area contributed by atoms with Gasteiger partial charge in [-0.15, -0.1) is 0 Å². The maximum atomic E-state index is 13.0. The maximum absolute atomic E-state index is 13.0. The number of amides is 1. The number of aliphatic hydroxyl groups is 1. The predicted octanol–water partition coefficient (Wildman–Crippen LogP) is 1.03. The molecule has 1 rings (SSSR count). The van der Waals surface area contributed by atoms with Crippen LogP contribution in [0.1, 0.15) is 17.3 Å². The molecular weight excluding hydrogens is 291 g/mol. The van der Waals surface area contributed by atoms with E-state index in [1.807, 2.05) is 0 Å². The molecule has 2 unspecified atom stereocenters. The molecule has 0 aliphatic heterocycles. The summed E-state index contributed by atoms with van der Waals surface area (Å²) in [5, 5.41) is 11.7. The first kappa shape index (κ1) is 14.1. The van der Waals surface area contributed by atoms with E-state index in [0.717, 1.165) is 0 Å². The number of carbonyl (C=O) groups excluding carboxylic acids is 1. The second kappa shape index (κ2) is 6.09. The molecule has 1 amide bonds. The second-order valence-electron chi connectivity index (χ2n) is 3.74. The Morgan fingerprint density at radius 1 is 1.65 bits per heavy atom. The highest BCUT2D eigenvalue weighted by Crippen LogP contribution is 2.16. The van der Waals surface area contributed by atoms with Crippen molar-refractivity contribution in [1.82, 2.24) is 5.32 Å². The van der Waals surface area contributed by atoms with Crippen molar-refractivity contribution in [2.45, 2.75) is 19.1 Å². The molecule has 0 saturated heterocycles. The highest BCUT2D eigenvalue weighted by atomic mass is 79.9. The van der Waals surface area contributed by atoms with E-state index in [-0.39, 0.29) is 16.9 Å². The third-order valence-electron chi connectivity index (χ3n) is 2.30. The van der Waals surface area contributed by atoms with E-state index < -0.39 is 18.0 Å². The zero-order valence-electron chi connectivity index (χ0n) is 9.28. The molecule has 0 fully saturated rings. The van der Waals surface area contributed by atoms with Crippen LogP contribution < -0.4 is 11.1 Å². The van der Waals surface area contributed by atoms with Crippen molar-refractivity contribution in [2.75, 3.05) is 6.54 Å². The fourth-order valence-electron chi connectivity index (χ4n) is 1.12. The molecule has 0 saturated carbocycles. The van der Waals surface area contributed by atoms with Crippen LogP contribution in [-0.4, -0.2) is 29.7 Å². The molecule has 1 aromatic rings. The van der Waals surface area contributed by atoms with Crippen LogP contribution in [0.4, 0.5) is 4.39 Å². The molecule has 4 nitrogen and oxygen atoms in total. The number of benzene rings is 1. The second-order valence-corrected chi connectivity index (χ2v) is 4.60. The van der Waals surface area contributed by atoms with E-state index >= 15 is 0 Å². The molecule has 0 heterocycles. The van der Waals surface area contributed by atoms with Crippen molar-refractivity contribution in [2.24, 2.45) is 5.73 Å². The first-order valence-corrected chi connectivity index (χ1v) is 5.88. The van der Waals surface area contributed by atoms with Crippen LogP contribution in [0.25, 0.3) is 0 Å². The Balaban J connectivity index is 2.61. The Bertz CT molecular complexity index is 412. The highest BCUT2D eigenvalue weighted by molar-refractivity contribution is 9.10. The maximum Gasteiger partial charge on any atom is 0.251 e. The minimum Gasteiger partial charge on any atom is -0.392 e. The van der Waals surface area contributed by atoms with Crippen molar-refractivity contribution in [1.29, 1.82) is 0 Å². The van der Waals surface area contributed by atoms with Gasteiger partial charge in [0, 0.05) is 18.2 Å². The largest absolute Gasteiger partial charge is 0.392 e. The SMILES string of the molecule is CC(O)C(N)CNC(=O)c1ccc(F)c(Br)c1. The van der Waals surface area contributed by atoms with Gasteiger partial charge >= 0.3 is 0 Å². The van der Waals surface area contributed by atoms with Gasteiger partial charge in [0.1, 0.15) is 5.82 Å². The quantitative estimate of drug-likeness (QED) is 0.777. The first-order chi connectivity index (χ1) is 7.91. The smallest absolute Gasteiger partial charge is 0.251 e. The third kappa shape index (κ3) is 4.07. The molecule has 1 aromatic carbocycles. The van der Waals surface area contributed by atoms with Gasteiger partial charge in [-0.25, -0.2) is 4.39 Å². The molecule has 6 heteroatoms. The number of carbonyl (C=O) groups is 1. The number of hydrogen-bond acceptors (Lipinski definition) is 3. The van der Waals surface area contributed by atoms with E-state index in [1.165, 1.54) is 18.2 Å². The Labute approximate surface area is 107 Å². The summed E-state index contributed by atoms with van der Waals surface area (Å²) in [6, 6.07) is 3.44. The Hall–Kier alpha value is -0.980. The Morgan fingerprint density at radius 2 is 2.29 bits per heavy atom. The zero-order chi connectivity index (χ0) is 13.0. The van der Waals surface area contributed by atoms with Crippen molar-refractivity contribution in [3.05, 3.63) is 34.1 Å². The first-order valence-electron chi connectivity index (χ1n) is 5.08. The summed E-state index contributed by atoms with van der Waals surface area (Å²) in [5.41, 5.74) is 5.89. The molecule has 17 heavy (non-hydrogen) atoms. The Morgan fingerprint density at radius 3 is 2.82 bits per heavy atom. The minimum absolute atomic E-state index is 0.158. The van der Waals surface area contributed by atoms with Gasteiger partial charge in [0.15, 0.2) is 0 Å². The van der Waals surface area contributed by atoms with E-state index in [2.05, 4.69) is 21.2 Å². The van der Waals surface area contributed by atoms with Crippen molar-refractivity contribution in [3.8, 4) is 0 Å². The number of rotatable bonds is 4. The highest BCUT2D eigenvalue weighted by Gasteiger charge is 2.12. The number of aliphatic hydroxyl groups excluding tert-OH is 1. The number of nitrogens with one attached hydrogen (secondary N) is 1. The summed E-state index contributed by atoms with van der Waals surface area (Å²) in [6.07, 6.45) is -0.699. The van der Waals surface area contributed by atoms with Crippen LogP contribution in [0.3, 0.4) is 0 Å². The molecule has 0 aliphatic carbocycles. The zero-order valence-corrected chi connectivity index (χ0v) is 10.9. The lowest BCUT2D eigenvalue weighted by molar-refractivity contribution is 0.0937. The minimum atomic E-state index is -0.699. The summed E-state index contributed by atoms with van der Waals surface area (Å²) >= 11 is 3.00. The number of halogens is 2. The standard InChI is InChI=1S/C11H14BrFN2O2/c1-6(16)10(14)5-15-11(17)7-2-3-9(13)8(12)4-7/h2-4,6,10,16H,5,14H2,1H3,(H,15,17). The normalized spacial score (nSPS) is 14.2.